The SMILES string of the molecule is COc1ccccc1NC(=O)COc1ccc(S(=O)(=O)Nc2ccc(F)cc2)cc1Cl. The van der Waals surface area contributed by atoms with Gasteiger partial charge in [0.25, 0.3) is 15.9 Å². The van der Waals surface area contributed by atoms with Gasteiger partial charge in [0, 0.05) is 5.69 Å². The topological polar surface area (TPSA) is 93.7 Å². The maximum absolute atomic E-state index is 13.0. The molecule has 0 unspecified atom stereocenters. The van der Waals surface area contributed by atoms with Gasteiger partial charge in [-0.3, -0.25) is 9.52 Å². The summed E-state index contributed by atoms with van der Waals surface area (Å²) in [4.78, 5) is 12.0. The van der Waals surface area contributed by atoms with Crippen molar-refractivity contribution in [1.29, 1.82) is 0 Å². The molecule has 3 rings (SSSR count). The summed E-state index contributed by atoms with van der Waals surface area (Å²) in [6.07, 6.45) is 0. The van der Waals surface area contributed by atoms with Gasteiger partial charge in [-0.2, -0.15) is 0 Å². The number of para-hydroxylation sites is 2. The molecule has 2 N–H and O–H groups in total. The summed E-state index contributed by atoms with van der Waals surface area (Å²) in [6, 6.07) is 15.6. The molecule has 0 aliphatic rings. The molecule has 3 aromatic rings. The minimum atomic E-state index is -3.95. The first-order valence-corrected chi connectivity index (χ1v) is 10.8. The molecule has 0 fully saturated rings. The predicted octanol–water partition coefficient (Wildman–Crippen LogP) is 4.31. The molecule has 7 nitrogen and oxygen atoms in total. The maximum atomic E-state index is 13.0. The van der Waals surface area contributed by atoms with Crippen molar-refractivity contribution in [3.63, 3.8) is 0 Å². The van der Waals surface area contributed by atoms with Gasteiger partial charge in [-0.05, 0) is 54.6 Å². The van der Waals surface area contributed by atoms with E-state index in [1.807, 2.05) is 0 Å². The highest BCUT2D eigenvalue weighted by Gasteiger charge is 2.17. The number of sulfonamides is 1. The van der Waals surface area contributed by atoms with Crippen LogP contribution in [0.2, 0.25) is 5.02 Å². The molecule has 1 amide bonds. The van der Waals surface area contributed by atoms with Crippen molar-refractivity contribution in [1.82, 2.24) is 0 Å². The first-order chi connectivity index (χ1) is 14.8. The zero-order valence-corrected chi connectivity index (χ0v) is 17.8. The van der Waals surface area contributed by atoms with E-state index in [0.717, 1.165) is 12.1 Å². The number of nitrogens with one attached hydrogen (secondary N) is 2. The Hall–Kier alpha value is -3.30. The van der Waals surface area contributed by atoms with Gasteiger partial charge >= 0.3 is 0 Å². The average Bonchev–Trinajstić information content (AvgIpc) is 2.74. The fraction of sp³-hybridized carbons (Fsp3) is 0.0952. The van der Waals surface area contributed by atoms with Crippen LogP contribution in [0.5, 0.6) is 11.5 Å². The second-order valence-corrected chi connectivity index (χ2v) is 8.33. The molecular weight excluding hydrogens is 447 g/mol. The van der Waals surface area contributed by atoms with E-state index >= 15 is 0 Å². The van der Waals surface area contributed by atoms with E-state index in [2.05, 4.69) is 10.0 Å². The third-order valence-corrected chi connectivity index (χ3v) is 5.72. The normalized spacial score (nSPS) is 10.9. The second kappa shape index (κ2) is 9.67. The first-order valence-electron chi connectivity index (χ1n) is 8.92. The van der Waals surface area contributed by atoms with Gasteiger partial charge in [-0.15, -0.1) is 0 Å². The van der Waals surface area contributed by atoms with Crippen LogP contribution >= 0.6 is 11.6 Å². The summed E-state index contributed by atoms with van der Waals surface area (Å²) in [5, 5.41) is 2.66. The van der Waals surface area contributed by atoms with Gasteiger partial charge in [-0.1, -0.05) is 23.7 Å². The Labute approximate surface area is 183 Å². The molecule has 0 aromatic heterocycles. The van der Waals surface area contributed by atoms with Gasteiger partial charge in [-0.25, -0.2) is 12.8 Å². The van der Waals surface area contributed by atoms with Crippen molar-refractivity contribution in [2.45, 2.75) is 4.90 Å². The van der Waals surface area contributed by atoms with Gasteiger partial charge < -0.3 is 14.8 Å². The molecule has 0 saturated heterocycles. The van der Waals surface area contributed by atoms with E-state index in [1.54, 1.807) is 24.3 Å². The zero-order chi connectivity index (χ0) is 22.4. The second-order valence-electron chi connectivity index (χ2n) is 6.24. The van der Waals surface area contributed by atoms with Crippen LogP contribution in [0.4, 0.5) is 15.8 Å². The van der Waals surface area contributed by atoms with Crippen LogP contribution in [0, 0.1) is 5.82 Å². The first kappa shape index (κ1) is 22.4. The molecule has 0 saturated carbocycles. The lowest BCUT2D eigenvalue weighted by molar-refractivity contribution is -0.118. The van der Waals surface area contributed by atoms with Crippen LogP contribution in [-0.4, -0.2) is 28.0 Å². The van der Waals surface area contributed by atoms with Crippen LogP contribution in [0.3, 0.4) is 0 Å². The maximum Gasteiger partial charge on any atom is 0.262 e. The van der Waals surface area contributed by atoms with E-state index in [9.17, 15) is 17.6 Å². The molecule has 0 radical (unpaired) electrons. The van der Waals surface area contributed by atoms with Gasteiger partial charge in [0.2, 0.25) is 0 Å². The quantitative estimate of drug-likeness (QED) is 0.518. The number of rotatable bonds is 8. The predicted molar refractivity (Wildman–Crippen MR) is 116 cm³/mol. The molecule has 10 heteroatoms. The minimum Gasteiger partial charge on any atom is -0.495 e. The highest BCUT2D eigenvalue weighted by atomic mass is 35.5. The molecule has 0 aliphatic carbocycles. The Bertz CT molecular complexity index is 1190. The standard InChI is InChI=1S/C21H18ClFN2O5S/c1-29-20-5-3-2-4-18(20)24-21(26)13-30-19-11-10-16(12-17(19)22)31(27,28)25-15-8-6-14(23)7-9-15/h2-12,25H,13H2,1H3,(H,24,26). The van der Waals surface area contributed by atoms with Gasteiger partial charge in [0.05, 0.1) is 22.7 Å². The number of ether oxygens (including phenoxy) is 2. The zero-order valence-electron chi connectivity index (χ0n) is 16.3. The van der Waals surface area contributed by atoms with Crippen molar-refractivity contribution in [3.8, 4) is 11.5 Å². The Kier molecular flexibility index (Phi) is 6.98. The number of carbonyl (C=O) groups is 1. The lowest BCUT2D eigenvalue weighted by Crippen LogP contribution is -2.20. The number of halogens is 2. The van der Waals surface area contributed by atoms with Crippen molar-refractivity contribution >= 4 is 38.9 Å². The number of carbonyl (C=O) groups excluding carboxylic acids is 1. The average molecular weight is 465 g/mol. The number of anilines is 2. The third kappa shape index (κ3) is 5.87. The number of hydrogen-bond acceptors (Lipinski definition) is 5. The summed E-state index contributed by atoms with van der Waals surface area (Å²) in [5.41, 5.74) is 0.684. The van der Waals surface area contributed by atoms with Gasteiger partial charge in [0.15, 0.2) is 6.61 Å². The van der Waals surface area contributed by atoms with E-state index in [4.69, 9.17) is 21.1 Å². The molecular formula is C21H18ClFN2O5S. The minimum absolute atomic E-state index is 0.00655. The number of hydrogen-bond donors (Lipinski definition) is 2. The summed E-state index contributed by atoms with van der Waals surface area (Å²) in [6.45, 7) is -0.350. The highest BCUT2D eigenvalue weighted by Crippen LogP contribution is 2.29. The van der Waals surface area contributed by atoms with E-state index in [0.29, 0.717) is 11.4 Å². The Balaban J connectivity index is 1.65. The molecule has 0 atom stereocenters. The molecule has 31 heavy (non-hydrogen) atoms. The van der Waals surface area contributed by atoms with Crippen molar-refractivity contribution in [2.24, 2.45) is 0 Å². The van der Waals surface area contributed by atoms with Crippen molar-refractivity contribution in [2.75, 3.05) is 23.8 Å². The van der Waals surface area contributed by atoms with Crippen LogP contribution < -0.4 is 19.5 Å². The largest absolute Gasteiger partial charge is 0.495 e. The van der Waals surface area contributed by atoms with Crippen molar-refractivity contribution in [3.05, 3.63) is 77.6 Å². The highest BCUT2D eigenvalue weighted by molar-refractivity contribution is 7.92. The smallest absolute Gasteiger partial charge is 0.262 e. The lowest BCUT2D eigenvalue weighted by Gasteiger charge is -2.12. The van der Waals surface area contributed by atoms with Crippen LogP contribution in [-0.2, 0) is 14.8 Å². The summed E-state index contributed by atoms with van der Waals surface area (Å²) in [5.74, 6) is -0.299. The Morgan fingerprint density at radius 3 is 2.42 bits per heavy atom. The fourth-order valence-corrected chi connectivity index (χ4v) is 3.96. The molecule has 0 aliphatic heterocycles. The molecule has 0 spiro atoms. The number of amides is 1. The summed E-state index contributed by atoms with van der Waals surface area (Å²) < 4.78 is 50.9. The van der Waals surface area contributed by atoms with Crippen LogP contribution in [0.1, 0.15) is 0 Å². The summed E-state index contributed by atoms with van der Waals surface area (Å²) in [7, 11) is -2.46. The Morgan fingerprint density at radius 1 is 1.03 bits per heavy atom. The van der Waals surface area contributed by atoms with E-state index in [-0.39, 0.29) is 28.0 Å². The van der Waals surface area contributed by atoms with Gasteiger partial charge in [0.1, 0.15) is 17.3 Å². The lowest BCUT2D eigenvalue weighted by atomic mass is 10.3. The third-order valence-electron chi connectivity index (χ3n) is 4.05. The monoisotopic (exact) mass is 464 g/mol. The van der Waals surface area contributed by atoms with Crippen LogP contribution in [0.25, 0.3) is 0 Å². The van der Waals surface area contributed by atoms with E-state index in [1.165, 1.54) is 37.4 Å². The summed E-state index contributed by atoms with van der Waals surface area (Å²) >= 11 is 6.13. The molecule has 0 heterocycles. The molecule has 3 aromatic carbocycles. The fourth-order valence-electron chi connectivity index (χ4n) is 2.58. The van der Waals surface area contributed by atoms with E-state index < -0.39 is 21.7 Å². The van der Waals surface area contributed by atoms with Crippen LogP contribution in [0.15, 0.2) is 71.6 Å². The van der Waals surface area contributed by atoms with Crippen molar-refractivity contribution < 1.29 is 27.1 Å². The Morgan fingerprint density at radius 2 is 1.74 bits per heavy atom. The number of benzene rings is 3. The molecule has 0 bridgehead atoms. The number of methoxy groups -OCH3 is 1. The molecule has 162 valence electrons.